The SMILES string of the molecule is CC1(C)O[C@H]2OC(CNCc3ccccc3)[C@H](O[Si]([Si](C)(C)C)([Si](C)(C)C)[Si](C)(C)C)[C@H]2O1. The van der Waals surface area contributed by atoms with Gasteiger partial charge in [0.15, 0.2) is 18.9 Å². The largest absolute Gasteiger partial charge is 0.417 e. The number of nitrogens with one attached hydrogen (secondary N) is 1. The summed E-state index contributed by atoms with van der Waals surface area (Å²) in [6.07, 6.45) is -0.683. The second kappa shape index (κ2) is 9.40. The number of benzene rings is 1. The monoisotopic (exact) mass is 525 g/mol. The molecule has 2 fully saturated rings. The Morgan fingerprint density at radius 1 is 0.848 bits per heavy atom. The van der Waals surface area contributed by atoms with E-state index in [-0.39, 0.29) is 24.6 Å². The average molecular weight is 526 g/mol. The van der Waals surface area contributed by atoms with Crippen molar-refractivity contribution in [1.29, 1.82) is 0 Å². The zero-order chi connectivity index (χ0) is 24.9. The summed E-state index contributed by atoms with van der Waals surface area (Å²) in [7, 11) is -4.80. The third-order valence-electron chi connectivity index (χ3n) is 7.09. The van der Waals surface area contributed by atoms with Crippen molar-refractivity contribution in [3.05, 3.63) is 35.9 Å². The van der Waals surface area contributed by atoms with Crippen molar-refractivity contribution in [3.63, 3.8) is 0 Å². The van der Waals surface area contributed by atoms with Crippen molar-refractivity contribution in [3.8, 4) is 0 Å². The van der Waals surface area contributed by atoms with Crippen LogP contribution in [-0.4, -0.2) is 66.6 Å². The maximum Gasteiger partial charge on any atom is 0.190 e. The van der Waals surface area contributed by atoms with Crippen molar-refractivity contribution >= 4 is 29.6 Å². The van der Waals surface area contributed by atoms with Gasteiger partial charge in [-0.15, -0.1) is 0 Å². The molecule has 5 nitrogen and oxygen atoms in total. The molecule has 0 amide bonds. The zero-order valence-electron chi connectivity index (χ0n) is 22.7. The highest BCUT2D eigenvalue weighted by molar-refractivity contribution is 7.87. The van der Waals surface area contributed by atoms with Crippen LogP contribution in [0, 0.1) is 0 Å². The van der Waals surface area contributed by atoms with Crippen molar-refractivity contribution in [2.75, 3.05) is 6.54 Å². The second-order valence-electron chi connectivity index (χ2n) is 13.3. The first-order valence-corrected chi connectivity index (χ1v) is 27.8. The Morgan fingerprint density at radius 2 is 1.39 bits per heavy atom. The molecule has 0 bridgehead atoms. The molecule has 3 rings (SSSR count). The Hall–Kier alpha value is -0.112. The molecule has 0 spiro atoms. The summed E-state index contributed by atoms with van der Waals surface area (Å²) in [5, 5.41) is 3.62. The van der Waals surface area contributed by atoms with E-state index in [1.54, 1.807) is 0 Å². The smallest absolute Gasteiger partial charge is 0.190 e. The van der Waals surface area contributed by atoms with Gasteiger partial charge in [-0.05, 0) is 19.4 Å². The summed E-state index contributed by atoms with van der Waals surface area (Å²) in [5.74, 6) is -0.638. The van der Waals surface area contributed by atoms with Crippen LogP contribution < -0.4 is 5.32 Å². The Bertz CT molecular complexity index is 765. The Balaban J connectivity index is 1.91. The van der Waals surface area contributed by atoms with Crippen LogP contribution in [0.4, 0.5) is 0 Å². The van der Waals surface area contributed by atoms with E-state index >= 15 is 0 Å². The van der Waals surface area contributed by atoms with Gasteiger partial charge in [0, 0.05) is 13.1 Å². The van der Waals surface area contributed by atoms with Crippen LogP contribution in [0.5, 0.6) is 0 Å². The lowest BCUT2D eigenvalue weighted by Crippen LogP contribution is -2.85. The number of fused-ring (bicyclic) bond motifs is 1. The third kappa shape index (κ3) is 5.51. The first kappa shape index (κ1) is 27.5. The van der Waals surface area contributed by atoms with Gasteiger partial charge in [-0.3, -0.25) is 0 Å². The molecular weight excluding hydrogens is 479 g/mol. The van der Waals surface area contributed by atoms with Crippen LogP contribution in [-0.2, 0) is 25.2 Å². The minimum atomic E-state index is -2.04. The maximum absolute atomic E-state index is 7.67. The summed E-state index contributed by atoms with van der Waals surface area (Å²) in [6, 6.07) is 10.5. The predicted octanol–water partition coefficient (Wildman–Crippen LogP) is 5.23. The molecule has 2 aliphatic rings. The van der Waals surface area contributed by atoms with E-state index in [4.69, 9.17) is 18.6 Å². The molecule has 0 aromatic heterocycles. The molecule has 1 unspecified atom stereocenters. The summed E-state index contributed by atoms with van der Waals surface area (Å²) in [5.41, 5.74) is 1.27. The topological polar surface area (TPSA) is 49.0 Å². The van der Waals surface area contributed by atoms with E-state index in [2.05, 4.69) is 94.6 Å². The van der Waals surface area contributed by atoms with Crippen molar-refractivity contribution in [1.82, 2.24) is 5.32 Å². The van der Waals surface area contributed by atoms with E-state index < -0.39 is 35.4 Å². The highest BCUT2D eigenvalue weighted by Crippen LogP contribution is 2.44. The summed E-state index contributed by atoms with van der Waals surface area (Å²) in [6.45, 7) is 26.5. The normalized spacial score (nSPS) is 28.2. The molecule has 188 valence electrons. The third-order valence-corrected chi connectivity index (χ3v) is 74.6. The fourth-order valence-electron chi connectivity index (χ4n) is 6.92. The first-order chi connectivity index (χ1) is 15.0. The van der Waals surface area contributed by atoms with Gasteiger partial charge < -0.3 is 24.0 Å². The Morgan fingerprint density at radius 3 is 1.91 bits per heavy atom. The van der Waals surface area contributed by atoms with Gasteiger partial charge in [-0.2, -0.15) is 0 Å². The van der Waals surface area contributed by atoms with E-state index in [9.17, 15) is 0 Å². The molecule has 0 radical (unpaired) electrons. The van der Waals surface area contributed by atoms with E-state index in [1.807, 2.05) is 13.8 Å². The van der Waals surface area contributed by atoms with Crippen molar-refractivity contribution in [2.45, 2.75) is 110 Å². The first-order valence-electron chi connectivity index (χ1n) is 12.4. The molecule has 2 aliphatic heterocycles. The lowest BCUT2D eigenvalue weighted by Gasteiger charge is -2.57. The fourth-order valence-corrected chi connectivity index (χ4v) is 101. The van der Waals surface area contributed by atoms with Crippen LogP contribution in [0.15, 0.2) is 30.3 Å². The Labute approximate surface area is 205 Å². The minimum absolute atomic E-state index is 0.0734. The predicted molar refractivity (Wildman–Crippen MR) is 148 cm³/mol. The molecule has 33 heavy (non-hydrogen) atoms. The average Bonchev–Trinajstić information content (AvgIpc) is 3.08. The van der Waals surface area contributed by atoms with E-state index in [0.29, 0.717) is 0 Å². The molecule has 1 aromatic carbocycles. The molecule has 1 N–H and O–H groups in total. The molecule has 4 atom stereocenters. The Kier molecular flexibility index (Phi) is 7.83. The van der Waals surface area contributed by atoms with Gasteiger partial charge >= 0.3 is 0 Å². The van der Waals surface area contributed by atoms with Crippen LogP contribution in [0.1, 0.15) is 19.4 Å². The lowest BCUT2D eigenvalue weighted by atomic mass is 10.1. The highest BCUT2D eigenvalue weighted by Gasteiger charge is 2.67. The molecule has 0 saturated carbocycles. The number of hydrogen-bond acceptors (Lipinski definition) is 5. The summed E-state index contributed by atoms with van der Waals surface area (Å²) in [4.78, 5) is 0. The van der Waals surface area contributed by atoms with Gasteiger partial charge in [-0.1, -0.05) is 89.3 Å². The molecule has 9 heteroatoms. The summed E-state index contributed by atoms with van der Waals surface area (Å²) < 4.78 is 26.8. The summed E-state index contributed by atoms with van der Waals surface area (Å²) >= 11 is 0. The molecule has 2 saturated heterocycles. The standard InChI is InChI=1S/C24H47NO4Si4/c1-24(2)27-22-21(29-33(30(3,4)5,31(6,7)8)32(9,10)11)20(26-23(22)28-24)18-25-17-19-15-13-12-14-16-19/h12-16,20-23,25H,17-18H2,1-11H3/t20?,21-,22+,23+/m0/s1. The van der Waals surface area contributed by atoms with Crippen LogP contribution in [0.25, 0.3) is 0 Å². The maximum atomic E-state index is 7.67. The number of rotatable bonds is 9. The molecule has 1 aromatic rings. The van der Waals surface area contributed by atoms with Crippen molar-refractivity contribution < 1.29 is 18.6 Å². The molecule has 2 heterocycles. The zero-order valence-corrected chi connectivity index (χ0v) is 26.7. The van der Waals surface area contributed by atoms with Crippen LogP contribution in [0.2, 0.25) is 58.9 Å². The second-order valence-corrected chi connectivity index (χ2v) is 52.7. The lowest BCUT2D eigenvalue weighted by molar-refractivity contribution is -0.212. The highest BCUT2D eigenvalue weighted by atomic mass is 29.9. The number of ether oxygens (including phenoxy) is 3. The van der Waals surface area contributed by atoms with Crippen LogP contribution >= 0.6 is 0 Å². The number of hydrogen-bond donors (Lipinski definition) is 1. The van der Waals surface area contributed by atoms with Gasteiger partial charge in [0.1, 0.15) is 18.3 Å². The van der Waals surface area contributed by atoms with Gasteiger partial charge in [-0.25, -0.2) is 0 Å². The van der Waals surface area contributed by atoms with Gasteiger partial charge in [0.25, 0.3) is 0 Å². The molecular formula is C24H47NO4Si4. The van der Waals surface area contributed by atoms with Crippen LogP contribution in [0.3, 0.4) is 0 Å². The molecule has 0 aliphatic carbocycles. The van der Waals surface area contributed by atoms with Gasteiger partial charge in [0.2, 0.25) is 0 Å². The van der Waals surface area contributed by atoms with E-state index in [0.717, 1.165) is 13.1 Å². The quantitative estimate of drug-likeness (QED) is 0.447. The van der Waals surface area contributed by atoms with Gasteiger partial charge in [0.05, 0.1) is 22.8 Å². The fraction of sp³-hybridized carbons (Fsp3) is 0.750. The van der Waals surface area contributed by atoms with Crippen molar-refractivity contribution in [2.24, 2.45) is 0 Å². The minimum Gasteiger partial charge on any atom is -0.417 e. The van der Waals surface area contributed by atoms with E-state index in [1.165, 1.54) is 5.56 Å².